The highest BCUT2D eigenvalue weighted by atomic mass is 16.5. The van der Waals surface area contributed by atoms with E-state index in [1.807, 2.05) is 54.6 Å². The topological polar surface area (TPSA) is 90.4 Å². The summed E-state index contributed by atoms with van der Waals surface area (Å²) in [6, 6.07) is 21.9. The summed E-state index contributed by atoms with van der Waals surface area (Å²) in [5.74, 6) is 1.34. The van der Waals surface area contributed by atoms with Crippen LogP contribution in [0.4, 0.5) is 16.2 Å². The van der Waals surface area contributed by atoms with Crippen LogP contribution in [0.25, 0.3) is 11.1 Å². The number of nitrogen functional groups attached to an aromatic ring is 1. The quantitative estimate of drug-likeness (QED) is 0.629. The van der Waals surface area contributed by atoms with Gasteiger partial charge in [0.05, 0.1) is 5.69 Å². The van der Waals surface area contributed by atoms with Crippen molar-refractivity contribution in [3.05, 3.63) is 72.8 Å². The second kappa shape index (κ2) is 6.75. The minimum absolute atomic E-state index is 0.579. The van der Waals surface area contributed by atoms with Crippen LogP contribution in [0.1, 0.15) is 0 Å². The Hall–Kier alpha value is -3.47. The zero-order chi connectivity index (χ0) is 16.9. The Morgan fingerprint density at radius 3 is 2.00 bits per heavy atom. The van der Waals surface area contributed by atoms with Crippen LogP contribution in [0.2, 0.25) is 0 Å². The first-order valence-corrected chi connectivity index (χ1v) is 7.41. The third kappa shape index (κ3) is 3.64. The van der Waals surface area contributed by atoms with Crippen LogP contribution in [0.3, 0.4) is 0 Å². The highest BCUT2D eigenvalue weighted by Crippen LogP contribution is 2.29. The van der Waals surface area contributed by atoms with Gasteiger partial charge in [0.25, 0.3) is 0 Å². The largest absolute Gasteiger partial charge is 0.455 e. The maximum Gasteiger partial charge on any atom is 0.316 e. The summed E-state index contributed by atoms with van der Waals surface area (Å²) in [4.78, 5) is 10.8. The van der Waals surface area contributed by atoms with E-state index in [1.165, 1.54) is 0 Å². The van der Waals surface area contributed by atoms with E-state index in [4.69, 9.17) is 16.2 Å². The highest BCUT2D eigenvalue weighted by Gasteiger charge is 2.03. The van der Waals surface area contributed by atoms with Crippen LogP contribution in [0.5, 0.6) is 11.5 Å². The lowest BCUT2D eigenvalue weighted by Gasteiger charge is -2.09. The molecule has 0 radical (unpaired) electrons. The van der Waals surface area contributed by atoms with E-state index in [0.29, 0.717) is 22.9 Å². The number of nitrogens with two attached hydrogens (primary N) is 2. The smallest absolute Gasteiger partial charge is 0.316 e. The number of hydrogen-bond donors (Lipinski definition) is 3. The molecule has 0 atom stereocenters. The van der Waals surface area contributed by atoms with Gasteiger partial charge in [0.1, 0.15) is 11.5 Å². The molecule has 5 N–H and O–H groups in total. The number of urea groups is 1. The number of rotatable bonds is 4. The molecule has 0 heterocycles. The number of anilines is 2. The minimum Gasteiger partial charge on any atom is -0.455 e. The van der Waals surface area contributed by atoms with Gasteiger partial charge in [0, 0.05) is 5.69 Å². The van der Waals surface area contributed by atoms with Crippen molar-refractivity contribution >= 4 is 17.4 Å². The lowest BCUT2D eigenvalue weighted by atomic mass is 10.1. The van der Waals surface area contributed by atoms with Gasteiger partial charge in [0.15, 0.2) is 0 Å². The number of amides is 2. The monoisotopic (exact) mass is 319 g/mol. The summed E-state index contributed by atoms with van der Waals surface area (Å²) in [5.41, 5.74) is 14.3. The molecular weight excluding hydrogens is 302 g/mol. The van der Waals surface area contributed by atoms with Gasteiger partial charge in [-0.05, 0) is 47.5 Å². The Labute approximate surface area is 139 Å². The van der Waals surface area contributed by atoms with Crippen molar-refractivity contribution in [1.29, 1.82) is 0 Å². The van der Waals surface area contributed by atoms with E-state index in [0.717, 1.165) is 11.1 Å². The second-order valence-electron chi connectivity index (χ2n) is 5.23. The van der Waals surface area contributed by atoms with Crippen molar-refractivity contribution in [1.82, 2.24) is 0 Å². The van der Waals surface area contributed by atoms with E-state index in [1.54, 1.807) is 18.2 Å². The summed E-state index contributed by atoms with van der Waals surface area (Å²) >= 11 is 0. The molecule has 0 fully saturated rings. The predicted molar refractivity (Wildman–Crippen MR) is 96.0 cm³/mol. The Morgan fingerprint density at radius 2 is 1.42 bits per heavy atom. The molecule has 0 unspecified atom stereocenters. The molecule has 120 valence electrons. The molecule has 2 amide bonds. The lowest BCUT2D eigenvalue weighted by molar-refractivity contribution is 0.259. The van der Waals surface area contributed by atoms with Crippen molar-refractivity contribution in [2.75, 3.05) is 11.1 Å². The Morgan fingerprint density at radius 1 is 0.833 bits per heavy atom. The highest BCUT2D eigenvalue weighted by molar-refractivity contribution is 5.88. The third-order valence-electron chi connectivity index (χ3n) is 3.49. The molecule has 0 aliphatic rings. The number of primary amides is 1. The number of nitrogens with one attached hydrogen (secondary N) is 1. The van der Waals surface area contributed by atoms with Crippen molar-refractivity contribution < 1.29 is 9.53 Å². The van der Waals surface area contributed by atoms with Crippen LogP contribution in [-0.2, 0) is 0 Å². The van der Waals surface area contributed by atoms with E-state index >= 15 is 0 Å². The molecule has 0 saturated heterocycles. The summed E-state index contributed by atoms with van der Waals surface area (Å²) < 4.78 is 5.78. The first-order valence-electron chi connectivity index (χ1n) is 7.41. The number of carbonyl (C=O) groups excluding carboxylic acids is 1. The van der Waals surface area contributed by atoms with Crippen molar-refractivity contribution in [3.8, 4) is 22.6 Å². The molecule has 3 rings (SSSR count). The van der Waals surface area contributed by atoms with Gasteiger partial charge < -0.3 is 21.5 Å². The lowest BCUT2D eigenvalue weighted by Crippen LogP contribution is -2.19. The molecule has 5 heteroatoms. The van der Waals surface area contributed by atoms with E-state index in [-0.39, 0.29) is 0 Å². The normalized spacial score (nSPS) is 10.2. The molecule has 24 heavy (non-hydrogen) atoms. The Balaban J connectivity index is 1.74. The van der Waals surface area contributed by atoms with Crippen molar-refractivity contribution in [2.45, 2.75) is 0 Å². The molecule has 0 saturated carbocycles. The SMILES string of the molecule is NC(=O)Nc1ccc(-c2ccc(Oc3ccccc3N)cc2)cc1. The second-order valence-corrected chi connectivity index (χ2v) is 5.23. The summed E-state index contributed by atoms with van der Waals surface area (Å²) in [6.45, 7) is 0. The molecule has 0 aliphatic heterocycles. The van der Waals surface area contributed by atoms with Gasteiger partial charge in [-0.2, -0.15) is 0 Å². The fraction of sp³-hybridized carbons (Fsp3) is 0. The van der Waals surface area contributed by atoms with Gasteiger partial charge in [-0.3, -0.25) is 0 Å². The zero-order valence-electron chi connectivity index (χ0n) is 12.9. The molecule has 0 aliphatic carbocycles. The summed E-state index contributed by atoms with van der Waals surface area (Å²) in [7, 11) is 0. The van der Waals surface area contributed by atoms with E-state index in [9.17, 15) is 4.79 Å². The van der Waals surface area contributed by atoms with Crippen LogP contribution in [0.15, 0.2) is 72.8 Å². The van der Waals surface area contributed by atoms with Crippen molar-refractivity contribution in [2.24, 2.45) is 5.73 Å². The Bertz CT molecular complexity index is 843. The zero-order valence-corrected chi connectivity index (χ0v) is 12.9. The standard InChI is InChI=1S/C19H17N3O2/c20-17-3-1-2-4-18(17)24-16-11-7-14(8-12-16)13-5-9-15(10-6-13)22-19(21)23/h1-12H,20H2,(H3,21,22,23). The average Bonchev–Trinajstić information content (AvgIpc) is 2.58. The Kier molecular flexibility index (Phi) is 4.34. The molecule has 3 aromatic rings. The molecule has 0 bridgehead atoms. The van der Waals surface area contributed by atoms with Crippen LogP contribution in [-0.4, -0.2) is 6.03 Å². The first-order chi connectivity index (χ1) is 11.6. The fourth-order valence-corrected chi connectivity index (χ4v) is 2.30. The molecule has 5 nitrogen and oxygen atoms in total. The van der Waals surface area contributed by atoms with Gasteiger partial charge in [-0.25, -0.2) is 4.79 Å². The maximum atomic E-state index is 10.8. The fourth-order valence-electron chi connectivity index (χ4n) is 2.30. The summed E-state index contributed by atoms with van der Waals surface area (Å²) in [6.07, 6.45) is 0. The van der Waals surface area contributed by atoms with Gasteiger partial charge in [-0.15, -0.1) is 0 Å². The van der Waals surface area contributed by atoms with Gasteiger partial charge in [-0.1, -0.05) is 36.4 Å². The number of carbonyl (C=O) groups is 1. The number of ether oxygens (including phenoxy) is 1. The van der Waals surface area contributed by atoms with Crippen LogP contribution in [0, 0.1) is 0 Å². The van der Waals surface area contributed by atoms with Crippen molar-refractivity contribution in [3.63, 3.8) is 0 Å². The maximum absolute atomic E-state index is 10.8. The molecule has 3 aromatic carbocycles. The molecule has 0 aromatic heterocycles. The van der Waals surface area contributed by atoms with Gasteiger partial charge >= 0.3 is 6.03 Å². The molecular formula is C19H17N3O2. The number of para-hydroxylation sites is 2. The average molecular weight is 319 g/mol. The predicted octanol–water partition coefficient (Wildman–Crippen LogP) is 4.22. The number of hydrogen-bond acceptors (Lipinski definition) is 3. The third-order valence-corrected chi connectivity index (χ3v) is 3.49. The molecule has 0 spiro atoms. The van der Waals surface area contributed by atoms with Crippen LogP contribution < -0.4 is 21.5 Å². The van der Waals surface area contributed by atoms with E-state index in [2.05, 4.69) is 5.32 Å². The summed E-state index contributed by atoms with van der Waals surface area (Å²) in [5, 5.41) is 2.53. The van der Waals surface area contributed by atoms with Gasteiger partial charge in [0.2, 0.25) is 0 Å². The van der Waals surface area contributed by atoms with E-state index < -0.39 is 6.03 Å². The number of benzene rings is 3. The minimum atomic E-state index is -0.579. The van der Waals surface area contributed by atoms with Crippen LogP contribution >= 0.6 is 0 Å². The first kappa shape index (κ1) is 15.4.